The van der Waals surface area contributed by atoms with E-state index in [-0.39, 0.29) is 5.92 Å². The molecular formula is C16H24N4. The van der Waals surface area contributed by atoms with Crippen molar-refractivity contribution in [2.75, 3.05) is 32.7 Å². The molecule has 3 rings (SSSR count). The van der Waals surface area contributed by atoms with Crippen molar-refractivity contribution in [3.05, 3.63) is 0 Å². The molecule has 3 heterocycles. The second kappa shape index (κ2) is 6.12. The van der Waals surface area contributed by atoms with Crippen LogP contribution < -0.4 is 0 Å². The lowest BCUT2D eigenvalue weighted by atomic mass is 9.90. The molecule has 0 aromatic carbocycles. The van der Waals surface area contributed by atoms with Crippen LogP contribution in [0.1, 0.15) is 32.1 Å². The van der Waals surface area contributed by atoms with Crippen LogP contribution in [0.15, 0.2) is 0 Å². The highest BCUT2D eigenvalue weighted by Gasteiger charge is 2.47. The fraction of sp³-hybridized carbons (Fsp3) is 0.875. The van der Waals surface area contributed by atoms with E-state index in [1.165, 1.54) is 45.4 Å². The molecule has 108 valence electrons. The van der Waals surface area contributed by atoms with Gasteiger partial charge in [-0.05, 0) is 37.6 Å². The van der Waals surface area contributed by atoms with E-state index in [1.807, 2.05) is 0 Å². The predicted molar refractivity (Wildman–Crippen MR) is 76.6 cm³/mol. The number of nitriles is 2. The maximum absolute atomic E-state index is 9.21. The van der Waals surface area contributed by atoms with Crippen LogP contribution in [-0.2, 0) is 0 Å². The van der Waals surface area contributed by atoms with E-state index in [1.54, 1.807) is 0 Å². The highest BCUT2D eigenvalue weighted by molar-refractivity contribution is 5.01. The molecule has 3 saturated heterocycles. The number of nitrogens with zero attached hydrogens (tertiary/aromatic N) is 4. The number of hydrogen-bond donors (Lipinski definition) is 0. The van der Waals surface area contributed by atoms with E-state index in [4.69, 9.17) is 5.26 Å². The largest absolute Gasteiger partial charge is 0.301 e. The molecule has 0 spiro atoms. The zero-order valence-corrected chi connectivity index (χ0v) is 12.2. The smallest absolute Gasteiger partial charge is 0.0669 e. The average molecular weight is 272 g/mol. The van der Waals surface area contributed by atoms with Crippen LogP contribution >= 0.6 is 0 Å². The first-order chi connectivity index (χ1) is 9.81. The van der Waals surface area contributed by atoms with E-state index < -0.39 is 0 Å². The van der Waals surface area contributed by atoms with Crippen LogP contribution in [0.2, 0.25) is 0 Å². The summed E-state index contributed by atoms with van der Waals surface area (Å²) in [7, 11) is 0. The average Bonchev–Trinajstić information content (AvgIpc) is 3.00. The molecule has 4 atom stereocenters. The van der Waals surface area contributed by atoms with Gasteiger partial charge in [0.2, 0.25) is 0 Å². The zero-order chi connectivity index (χ0) is 13.9. The fourth-order valence-electron chi connectivity index (χ4n) is 4.54. The van der Waals surface area contributed by atoms with Crippen molar-refractivity contribution in [3.63, 3.8) is 0 Å². The van der Waals surface area contributed by atoms with E-state index in [0.717, 1.165) is 30.8 Å². The molecule has 0 unspecified atom stereocenters. The maximum Gasteiger partial charge on any atom is 0.0669 e. The Morgan fingerprint density at radius 1 is 1.15 bits per heavy atom. The van der Waals surface area contributed by atoms with Gasteiger partial charge in [0.1, 0.15) is 0 Å². The van der Waals surface area contributed by atoms with Gasteiger partial charge in [0.15, 0.2) is 0 Å². The van der Waals surface area contributed by atoms with Crippen LogP contribution in [0, 0.1) is 40.4 Å². The summed E-state index contributed by atoms with van der Waals surface area (Å²) in [6.45, 7) is 5.80. The second-order valence-electron chi connectivity index (χ2n) is 6.72. The Kier molecular flexibility index (Phi) is 4.24. The standard InChI is InChI=1S/C16H24N4/c17-6-3-4-13(8-18)9-19-10-14-11-20-7-2-1-5-16(20)15(14)12-19/h13-16H,1-5,7,9-12H2/t13-,14-,15-,16-/m0/s1. The van der Waals surface area contributed by atoms with Crippen LogP contribution in [0.25, 0.3) is 0 Å². The van der Waals surface area contributed by atoms with Crippen LogP contribution in [0.4, 0.5) is 0 Å². The number of likely N-dealkylation sites (tertiary alicyclic amines) is 1. The van der Waals surface area contributed by atoms with E-state index in [2.05, 4.69) is 21.9 Å². The van der Waals surface area contributed by atoms with Gasteiger partial charge in [0.25, 0.3) is 0 Å². The highest BCUT2D eigenvalue weighted by Crippen LogP contribution is 2.40. The van der Waals surface area contributed by atoms with Crippen molar-refractivity contribution in [2.45, 2.75) is 38.1 Å². The Bertz CT molecular complexity index is 421. The molecule has 0 N–H and O–H groups in total. The number of hydrogen-bond acceptors (Lipinski definition) is 4. The van der Waals surface area contributed by atoms with Gasteiger partial charge in [-0.15, -0.1) is 0 Å². The van der Waals surface area contributed by atoms with E-state index >= 15 is 0 Å². The number of fused-ring (bicyclic) bond motifs is 3. The lowest BCUT2D eigenvalue weighted by Gasteiger charge is -2.33. The van der Waals surface area contributed by atoms with E-state index in [9.17, 15) is 5.26 Å². The highest BCUT2D eigenvalue weighted by atomic mass is 15.3. The minimum absolute atomic E-state index is 0.0379. The molecule has 0 radical (unpaired) electrons. The van der Waals surface area contributed by atoms with Crippen molar-refractivity contribution in [3.8, 4) is 12.1 Å². The van der Waals surface area contributed by atoms with Gasteiger partial charge in [0, 0.05) is 38.6 Å². The van der Waals surface area contributed by atoms with Crippen molar-refractivity contribution < 1.29 is 0 Å². The molecule has 0 aliphatic carbocycles. The summed E-state index contributed by atoms with van der Waals surface area (Å²) in [4.78, 5) is 5.21. The van der Waals surface area contributed by atoms with Gasteiger partial charge >= 0.3 is 0 Å². The molecule has 0 aromatic heterocycles. The number of piperidine rings is 1. The minimum Gasteiger partial charge on any atom is -0.301 e. The Labute approximate surface area is 122 Å². The van der Waals surface area contributed by atoms with Crippen molar-refractivity contribution in [1.82, 2.24) is 9.80 Å². The summed E-state index contributed by atoms with van der Waals surface area (Å²) in [5, 5.41) is 17.9. The fourth-order valence-corrected chi connectivity index (χ4v) is 4.54. The summed E-state index contributed by atoms with van der Waals surface area (Å²) in [5.41, 5.74) is 0. The second-order valence-corrected chi connectivity index (χ2v) is 6.72. The van der Waals surface area contributed by atoms with Gasteiger partial charge < -0.3 is 4.90 Å². The quantitative estimate of drug-likeness (QED) is 0.783. The molecule has 0 saturated carbocycles. The Balaban J connectivity index is 1.53. The minimum atomic E-state index is 0.0379. The SMILES string of the molecule is N#CCC[C@@H](C#N)CN1C[C@H]2CN3CCCC[C@H]3[C@H]2C1. The third-order valence-corrected chi connectivity index (χ3v) is 5.46. The molecular weight excluding hydrogens is 248 g/mol. The summed E-state index contributed by atoms with van der Waals surface area (Å²) < 4.78 is 0. The Morgan fingerprint density at radius 2 is 2.05 bits per heavy atom. The number of rotatable bonds is 4. The molecule has 20 heavy (non-hydrogen) atoms. The molecule has 3 aliphatic heterocycles. The third kappa shape index (κ3) is 2.68. The van der Waals surface area contributed by atoms with Crippen molar-refractivity contribution >= 4 is 0 Å². The van der Waals surface area contributed by atoms with Gasteiger partial charge in [-0.1, -0.05) is 6.42 Å². The first-order valence-electron chi connectivity index (χ1n) is 8.04. The molecule has 3 aliphatic rings. The summed E-state index contributed by atoms with van der Waals surface area (Å²) in [6.07, 6.45) is 5.40. The lowest BCUT2D eigenvalue weighted by Crippen LogP contribution is -2.40. The zero-order valence-electron chi connectivity index (χ0n) is 12.2. The predicted octanol–water partition coefficient (Wildman–Crippen LogP) is 1.85. The Morgan fingerprint density at radius 3 is 2.85 bits per heavy atom. The molecule has 0 bridgehead atoms. The van der Waals surface area contributed by atoms with Gasteiger partial charge in [0.05, 0.1) is 18.1 Å². The van der Waals surface area contributed by atoms with E-state index in [0.29, 0.717) is 6.42 Å². The monoisotopic (exact) mass is 272 g/mol. The molecule has 0 amide bonds. The van der Waals surface area contributed by atoms with Gasteiger partial charge in [-0.2, -0.15) is 10.5 Å². The van der Waals surface area contributed by atoms with Gasteiger partial charge in [-0.25, -0.2) is 0 Å². The molecule has 0 aromatic rings. The molecule has 3 fully saturated rings. The third-order valence-electron chi connectivity index (χ3n) is 5.46. The lowest BCUT2D eigenvalue weighted by molar-refractivity contribution is 0.151. The molecule has 4 nitrogen and oxygen atoms in total. The van der Waals surface area contributed by atoms with Crippen molar-refractivity contribution in [2.24, 2.45) is 17.8 Å². The van der Waals surface area contributed by atoms with Crippen LogP contribution in [0.3, 0.4) is 0 Å². The van der Waals surface area contributed by atoms with Crippen LogP contribution in [0.5, 0.6) is 0 Å². The van der Waals surface area contributed by atoms with Crippen LogP contribution in [-0.4, -0.2) is 48.6 Å². The molecule has 4 heteroatoms. The first-order valence-corrected chi connectivity index (χ1v) is 8.04. The van der Waals surface area contributed by atoms with Gasteiger partial charge in [-0.3, -0.25) is 4.90 Å². The summed E-state index contributed by atoms with van der Waals surface area (Å²) >= 11 is 0. The first kappa shape index (κ1) is 13.9. The summed E-state index contributed by atoms with van der Waals surface area (Å²) in [6, 6.07) is 5.36. The Hall–Kier alpha value is -1.10. The van der Waals surface area contributed by atoms with Crippen molar-refractivity contribution in [1.29, 1.82) is 10.5 Å². The summed E-state index contributed by atoms with van der Waals surface area (Å²) in [5.74, 6) is 1.70. The topological polar surface area (TPSA) is 54.1 Å². The maximum atomic E-state index is 9.21. The normalized spacial score (nSPS) is 35.0.